The van der Waals surface area contributed by atoms with Crippen molar-refractivity contribution < 1.29 is 4.74 Å². The maximum absolute atomic E-state index is 5.34. The van der Waals surface area contributed by atoms with E-state index in [9.17, 15) is 0 Å². The topological polar surface area (TPSA) is 48.9 Å². The highest BCUT2D eigenvalue weighted by Crippen LogP contribution is 1.98. The third-order valence-corrected chi connectivity index (χ3v) is 3.14. The lowest BCUT2D eigenvalue weighted by Crippen LogP contribution is -2.44. The first-order valence-electron chi connectivity index (χ1n) is 7.54. The van der Waals surface area contributed by atoms with E-state index in [2.05, 4.69) is 41.3 Å². The van der Waals surface area contributed by atoms with Gasteiger partial charge in [0.25, 0.3) is 0 Å². The Balaban J connectivity index is 0.00000361. The molecule has 1 aliphatic heterocycles. The van der Waals surface area contributed by atoms with Crippen molar-refractivity contribution in [1.82, 2.24) is 15.5 Å². The summed E-state index contributed by atoms with van der Waals surface area (Å²) in [6.45, 7) is 14.2. The number of hydrogen-bond acceptors (Lipinski definition) is 3. The third kappa shape index (κ3) is 9.77. The van der Waals surface area contributed by atoms with Crippen molar-refractivity contribution in [2.75, 3.05) is 52.5 Å². The standard InChI is InChI=1S/C14H30N4O.HI/c1-4-15-14(16-6-5-13(2)3)17-7-8-18-9-11-19-12-10-18;/h13H,4-12H2,1-3H3,(H2,15,16,17);1H. The molecule has 0 aromatic rings. The van der Waals surface area contributed by atoms with E-state index in [4.69, 9.17) is 4.74 Å². The Labute approximate surface area is 140 Å². The summed E-state index contributed by atoms with van der Waals surface area (Å²) in [4.78, 5) is 7.01. The van der Waals surface area contributed by atoms with Crippen molar-refractivity contribution in [2.24, 2.45) is 10.9 Å². The highest BCUT2D eigenvalue weighted by atomic mass is 127. The van der Waals surface area contributed by atoms with Crippen LogP contribution in [0.4, 0.5) is 0 Å². The van der Waals surface area contributed by atoms with Crippen LogP contribution in [-0.4, -0.2) is 63.3 Å². The number of ether oxygens (including phenoxy) is 1. The van der Waals surface area contributed by atoms with E-state index in [0.29, 0.717) is 5.92 Å². The number of hydrogen-bond donors (Lipinski definition) is 2. The monoisotopic (exact) mass is 398 g/mol. The molecule has 0 aromatic heterocycles. The molecule has 0 bridgehead atoms. The Morgan fingerprint density at radius 3 is 2.55 bits per heavy atom. The Bertz CT molecular complexity index is 256. The Hall–Kier alpha value is -0.0800. The molecular formula is C14H31IN4O. The van der Waals surface area contributed by atoms with Crippen LogP contribution in [-0.2, 0) is 4.74 Å². The summed E-state index contributed by atoms with van der Waals surface area (Å²) in [6.07, 6.45) is 1.14. The van der Waals surface area contributed by atoms with Gasteiger partial charge in [0.05, 0.1) is 13.2 Å². The average Bonchev–Trinajstić information content (AvgIpc) is 2.39. The summed E-state index contributed by atoms with van der Waals surface area (Å²) < 4.78 is 5.34. The van der Waals surface area contributed by atoms with Gasteiger partial charge in [0.1, 0.15) is 0 Å². The van der Waals surface area contributed by atoms with Crippen LogP contribution >= 0.6 is 24.0 Å². The molecular weight excluding hydrogens is 367 g/mol. The van der Waals surface area contributed by atoms with Crippen LogP contribution in [0, 0.1) is 5.92 Å². The second-order valence-corrected chi connectivity index (χ2v) is 5.32. The Morgan fingerprint density at radius 1 is 1.25 bits per heavy atom. The first-order chi connectivity index (χ1) is 9.22. The Kier molecular flexibility index (Phi) is 12.6. The molecule has 2 N–H and O–H groups in total. The number of nitrogens with zero attached hydrogens (tertiary/aromatic N) is 2. The van der Waals surface area contributed by atoms with Crippen molar-refractivity contribution in [2.45, 2.75) is 27.2 Å². The molecule has 1 saturated heterocycles. The first kappa shape index (κ1) is 19.9. The molecule has 0 radical (unpaired) electrons. The predicted molar refractivity (Wildman–Crippen MR) is 96.1 cm³/mol. The summed E-state index contributed by atoms with van der Waals surface area (Å²) in [5, 5.41) is 6.69. The van der Waals surface area contributed by atoms with Gasteiger partial charge in [-0.05, 0) is 19.3 Å². The number of aliphatic imine (C=N–C) groups is 1. The number of nitrogens with one attached hydrogen (secondary N) is 2. The summed E-state index contributed by atoms with van der Waals surface area (Å²) in [5.74, 6) is 1.65. The molecule has 0 saturated carbocycles. The third-order valence-electron chi connectivity index (χ3n) is 3.14. The summed E-state index contributed by atoms with van der Waals surface area (Å²) >= 11 is 0. The number of morpholine rings is 1. The van der Waals surface area contributed by atoms with E-state index < -0.39 is 0 Å². The maximum atomic E-state index is 5.34. The lowest BCUT2D eigenvalue weighted by atomic mass is 10.1. The lowest BCUT2D eigenvalue weighted by molar-refractivity contribution is 0.0389. The van der Waals surface area contributed by atoms with Gasteiger partial charge in [-0.15, -0.1) is 24.0 Å². The summed E-state index contributed by atoms with van der Waals surface area (Å²) in [7, 11) is 0. The molecule has 20 heavy (non-hydrogen) atoms. The van der Waals surface area contributed by atoms with Crippen molar-refractivity contribution >= 4 is 29.9 Å². The molecule has 0 atom stereocenters. The quantitative estimate of drug-likeness (QED) is 0.388. The molecule has 1 rings (SSSR count). The van der Waals surface area contributed by atoms with Gasteiger partial charge in [0.2, 0.25) is 0 Å². The number of rotatable bonds is 7. The molecule has 0 unspecified atom stereocenters. The molecule has 0 aliphatic carbocycles. The van der Waals surface area contributed by atoms with E-state index in [1.54, 1.807) is 0 Å². The largest absolute Gasteiger partial charge is 0.379 e. The molecule has 1 heterocycles. The fourth-order valence-electron chi connectivity index (χ4n) is 1.93. The van der Waals surface area contributed by atoms with E-state index in [1.807, 2.05) is 0 Å². The van der Waals surface area contributed by atoms with Gasteiger partial charge in [0, 0.05) is 39.3 Å². The van der Waals surface area contributed by atoms with Gasteiger partial charge in [0.15, 0.2) is 5.96 Å². The van der Waals surface area contributed by atoms with Crippen LogP contribution in [0.25, 0.3) is 0 Å². The predicted octanol–water partition coefficient (Wildman–Crippen LogP) is 1.54. The molecule has 120 valence electrons. The smallest absolute Gasteiger partial charge is 0.191 e. The minimum atomic E-state index is 0. The van der Waals surface area contributed by atoms with E-state index in [-0.39, 0.29) is 24.0 Å². The molecule has 0 amide bonds. The van der Waals surface area contributed by atoms with Crippen LogP contribution in [0.5, 0.6) is 0 Å². The van der Waals surface area contributed by atoms with Crippen LogP contribution in [0.15, 0.2) is 4.99 Å². The second kappa shape index (κ2) is 12.6. The molecule has 1 aliphatic rings. The Morgan fingerprint density at radius 2 is 1.95 bits per heavy atom. The zero-order chi connectivity index (χ0) is 13.9. The van der Waals surface area contributed by atoms with Crippen molar-refractivity contribution in [3.63, 3.8) is 0 Å². The normalized spacial score (nSPS) is 16.9. The van der Waals surface area contributed by atoms with Crippen LogP contribution < -0.4 is 10.6 Å². The van der Waals surface area contributed by atoms with E-state index >= 15 is 0 Å². The van der Waals surface area contributed by atoms with Crippen molar-refractivity contribution in [1.29, 1.82) is 0 Å². The maximum Gasteiger partial charge on any atom is 0.191 e. The van der Waals surface area contributed by atoms with Crippen molar-refractivity contribution in [3.05, 3.63) is 0 Å². The summed E-state index contributed by atoms with van der Waals surface area (Å²) in [5.41, 5.74) is 0. The van der Waals surface area contributed by atoms with Gasteiger partial charge in [-0.25, -0.2) is 0 Å². The minimum Gasteiger partial charge on any atom is -0.379 e. The van der Waals surface area contributed by atoms with Gasteiger partial charge in [-0.2, -0.15) is 0 Å². The molecule has 5 nitrogen and oxygen atoms in total. The SMILES string of the molecule is CCNC(=NCCC(C)C)NCCN1CCOCC1.I. The zero-order valence-electron chi connectivity index (χ0n) is 13.2. The zero-order valence-corrected chi connectivity index (χ0v) is 15.5. The van der Waals surface area contributed by atoms with Gasteiger partial charge in [-0.3, -0.25) is 9.89 Å². The highest BCUT2D eigenvalue weighted by Gasteiger charge is 2.09. The number of halogens is 1. The van der Waals surface area contributed by atoms with E-state index in [0.717, 1.165) is 64.9 Å². The minimum absolute atomic E-state index is 0. The lowest BCUT2D eigenvalue weighted by Gasteiger charge is -2.26. The molecule has 1 fully saturated rings. The molecule has 6 heteroatoms. The van der Waals surface area contributed by atoms with Gasteiger partial charge >= 0.3 is 0 Å². The number of guanidine groups is 1. The molecule has 0 aromatic carbocycles. The average molecular weight is 398 g/mol. The van der Waals surface area contributed by atoms with Crippen molar-refractivity contribution in [3.8, 4) is 0 Å². The van der Waals surface area contributed by atoms with Crippen LogP contribution in [0.3, 0.4) is 0 Å². The summed E-state index contributed by atoms with van der Waals surface area (Å²) in [6, 6.07) is 0. The molecule has 0 spiro atoms. The van der Waals surface area contributed by atoms with E-state index in [1.165, 1.54) is 0 Å². The van der Waals surface area contributed by atoms with Gasteiger partial charge < -0.3 is 15.4 Å². The van der Waals surface area contributed by atoms with Gasteiger partial charge in [-0.1, -0.05) is 13.8 Å². The fourth-order valence-corrected chi connectivity index (χ4v) is 1.93. The highest BCUT2D eigenvalue weighted by molar-refractivity contribution is 14.0. The second-order valence-electron chi connectivity index (χ2n) is 5.32. The van der Waals surface area contributed by atoms with Crippen LogP contribution in [0.2, 0.25) is 0 Å². The first-order valence-corrected chi connectivity index (χ1v) is 7.54. The van der Waals surface area contributed by atoms with Crippen LogP contribution in [0.1, 0.15) is 27.2 Å². The fraction of sp³-hybridized carbons (Fsp3) is 0.929.